The zero-order valence-electron chi connectivity index (χ0n) is 10.1. The predicted molar refractivity (Wildman–Crippen MR) is 64.3 cm³/mol. The van der Waals surface area contributed by atoms with Crippen LogP contribution in [0.2, 0.25) is 0 Å². The van der Waals surface area contributed by atoms with Crippen LogP contribution in [0.5, 0.6) is 0 Å². The number of hydrogen-bond acceptors (Lipinski definition) is 5. The van der Waals surface area contributed by atoms with Crippen LogP contribution in [0, 0.1) is 33.1 Å². The first-order valence-corrected chi connectivity index (χ1v) is 5.32. The molecule has 0 bridgehead atoms. The van der Waals surface area contributed by atoms with Crippen molar-refractivity contribution in [2.45, 2.75) is 0 Å². The summed E-state index contributed by atoms with van der Waals surface area (Å²) in [6.07, 6.45) is 1.11. The molecule has 0 radical (unpaired) electrons. The van der Waals surface area contributed by atoms with E-state index in [1.54, 1.807) is 6.07 Å². The number of rotatable bonds is 3. The lowest BCUT2D eigenvalue weighted by Crippen LogP contribution is -2.16. The molecular weight excluding hydrogens is 288 g/mol. The minimum absolute atomic E-state index is 0.0327. The summed E-state index contributed by atoms with van der Waals surface area (Å²) in [6, 6.07) is 2.58. The largest absolute Gasteiger partial charge is 0.308 e. The molecule has 0 atom stereocenters. The molecule has 0 spiro atoms. The molecule has 8 nitrogen and oxygen atoms in total. The molecule has 2 rings (SSSR count). The summed E-state index contributed by atoms with van der Waals surface area (Å²) in [4.78, 5) is 21.3. The number of nitriles is 1. The van der Waals surface area contributed by atoms with Crippen molar-refractivity contribution >= 4 is 17.4 Å². The van der Waals surface area contributed by atoms with Gasteiger partial charge in [-0.25, -0.2) is 4.39 Å². The SMILES string of the molecule is N#Cc1cn[nH]c1NC(=O)c1cc(F)cc([N+](=O)[O-])c1F. The van der Waals surface area contributed by atoms with Crippen molar-refractivity contribution in [2.24, 2.45) is 0 Å². The van der Waals surface area contributed by atoms with Gasteiger partial charge in [-0.3, -0.25) is 20.0 Å². The minimum atomic E-state index is -1.48. The highest BCUT2D eigenvalue weighted by molar-refractivity contribution is 6.04. The van der Waals surface area contributed by atoms with E-state index in [-0.39, 0.29) is 11.4 Å². The van der Waals surface area contributed by atoms with Gasteiger partial charge in [0.05, 0.1) is 22.7 Å². The molecule has 1 heterocycles. The molecule has 0 aliphatic rings. The number of H-pyrrole nitrogens is 1. The number of anilines is 1. The molecule has 0 aliphatic heterocycles. The van der Waals surface area contributed by atoms with E-state index in [0.29, 0.717) is 12.1 Å². The molecule has 1 aromatic heterocycles. The fraction of sp³-hybridized carbons (Fsp3) is 0. The summed E-state index contributed by atoms with van der Waals surface area (Å²) in [5.74, 6) is -3.90. The van der Waals surface area contributed by atoms with Crippen molar-refractivity contribution in [3.05, 3.63) is 51.2 Å². The molecule has 10 heteroatoms. The van der Waals surface area contributed by atoms with E-state index in [2.05, 4.69) is 15.5 Å². The highest BCUT2D eigenvalue weighted by atomic mass is 19.1. The predicted octanol–water partition coefficient (Wildman–Crippen LogP) is 1.72. The maximum absolute atomic E-state index is 13.8. The van der Waals surface area contributed by atoms with Crippen molar-refractivity contribution < 1.29 is 18.5 Å². The van der Waals surface area contributed by atoms with Gasteiger partial charge in [-0.1, -0.05) is 0 Å². The molecule has 0 saturated carbocycles. The average Bonchev–Trinajstić information content (AvgIpc) is 2.87. The van der Waals surface area contributed by atoms with Crippen LogP contribution < -0.4 is 5.32 Å². The van der Waals surface area contributed by atoms with Gasteiger partial charge in [0.15, 0.2) is 0 Å². The Bertz CT molecular complexity index is 781. The first-order chi connectivity index (χ1) is 9.93. The van der Waals surface area contributed by atoms with Gasteiger partial charge in [-0.15, -0.1) is 0 Å². The number of hydrogen-bond donors (Lipinski definition) is 2. The van der Waals surface area contributed by atoms with Gasteiger partial charge in [0, 0.05) is 0 Å². The Hall–Kier alpha value is -3.35. The number of nitrogens with one attached hydrogen (secondary N) is 2. The molecule has 0 fully saturated rings. The summed E-state index contributed by atoms with van der Waals surface area (Å²) < 4.78 is 27.0. The first kappa shape index (κ1) is 14.1. The fourth-order valence-electron chi connectivity index (χ4n) is 1.52. The molecule has 21 heavy (non-hydrogen) atoms. The topological polar surface area (TPSA) is 125 Å². The van der Waals surface area contributed by atoms with Crippen molar-refractivity contribution in [3.8, 4) is 6.07 Å². The Labute approximate surface area is 115 Å². The summed E-state index contributed by atoms with van der Waals surface area (Å²) in [5, 5.41) is 27.1. The number of amides is 1. The van der Waals surface area contributed by atoms with Gasteiger partial charge in [0.1, 0.15) is 23.3 Å². The van der Waals surface area contributed by atoms with Crippen molar-refractivity contribution in [1.82, 2.24) is 10.2 Å². The third kappa shape index (κ3) is 2.66. The fourth-order valence-corrected chi connectivity index (χ4v) is 1.52. The lowest BCUT2D eigenvalue weighted by molar-refractivity contribution is -0.387. The second kappa shape index (κ2) is 5.33. The van der Waals surface area contributed by atoms with E-state index < -0.39 is 33.7 Å². The summed E-state index contributed by atoms with van der Waals surface area (Å²) in [6.45, 7) is 0. The Morgan fingerprint density at radius 1 is 1.48 bits per heavy atom. The molecule has 106 valence electrons. The van der Waals surface area contributed by atoms with E-state index in [1.165, 1.54) is 0 Å². The van der Waals surface area contributed by atoms with E-state index in [4.69, 9.17) is 5.26 Å². The summed E-state index contributed by atoms with van der Waals surface area (Å²) in [7, 11) is 0. The molecule has 0 aliphatic carbocycles. The molecule has 0 unspecified atom stereocenters. The second-order valence-corrected chi connectivity index (χ2v) is 3.77. The second-order valence-electron chi connectivity index (χ2n) is 3.77. The molecule has 1 aromatic carbocycles. The Kier molecular flexibility index (Phi) is 3.57. The van der Waals surface area contributed by atoms with Gasteiger partial charge < -0.3 is 5.32 Å². The lowest BCUT2D eigenvalue weighted by atomic mass is 10.1. The minimum Gasteiger partial charge on any atom is -0.306 e. The number of aromatic nitrogens is 2. The van der Waals surface area contributed by atoms with E-state index in [0.717, 1.165) is 6.20 Å². The Balaban J connectivity index is 2.40. The smallest absolute Gasteiger partial charge is 0.306 e. The van der Waals surface area contributed by atoms with Crippen LogP contribution in [0.4, 0.5) is 20.3 Å². The third-order valence-electron chi connectivity index (χ3n) is 2.46. The Morgan fingerprint density at radius 3 is 2.81 bits per heavy atom. The van der Waals surface area contributed by atoms with E-state index in [1.807, 2.05) is 0 Å². The standard InChI is InChI=1S/C11H5F2N5O3/c12-6-1-7(9(13)8(2-6)18(20)21)11(19)16-10-5(3-14)4-15-17-10/h1-2,4H,(H2,15,16,17,19). The molecule has 0 saturated heterocycles. The van der Waals surface area contributed by atoms with Crippen LogP contribution in [-0.2, 0) is 0 Å². The van der Waals surface area contributed by atoms with Crippen LogP contribution in [0.25, 0.3) is 0 Å². The van der Waals surface area contributed by atoms with Crippen molar-refractivity contribution in [1.29, 1.82) is 5.26 Å². The van der Waals surface area contributed by atoms with E-state index >= 15 is 0 Å². The molecule has 2 N–H and O–H groups in total. The van der Waals surface area contributed by atoms with Gasteiger partial charge in [-0.05, 0) is 6.07 Å². The van der Waals surface area contributed by atoms with Gasteiger partial charge in [-0.2, -0.15) is 14.8 Å². The maximum Gasteiger partial charge on any atom is 0.308 e. The highest BCUT2D eigenvalue weighted by Gasteiger charge is 2.25. The number of nitro groups is 1. The third-order valence-corrected chi connectivity index (χ3v) is 2.46. The highest BCUT2D eigenvalue weighted by Crippen LogP contribution is 2.23. The monoisotopic (exact) mass is 293 g/mol. The van der Waals surface area contributed by atoms with Crippen LogP contribution in [0.3, 0.4) is 0 Å². The normalized spacial score (nSPS) is 9.95. The zero-order valence-corrected chi connectivity index (χ0v) is 10.1. The number of carbonyl (C=O) groups is 1. The van der Waals surface area contributed by atoms with Gasteiger partial charge in [0.2, 0.25) is 5.82 Å². The van der Waals surface area contributed by atoms with Gasteiger partial charge in [0.25, 0.3) is 5.91 Å². The van der Waals surface area contributed by atoms with Crippen LogP contribution >= 0.6 is 0 Å². The summed E-state index contributed by atoms with van der Waals surface area (Å²) >= 11 is 0. The lowest BCUT2D eigenvalue weighted by Gasteiger charge is -2.05. The van der Waals surface area contributed by atoms with Crippen molar-refractivity contribution in [2.75, 3.05) is 5.32 Å². The first-order valence-electron chi connectivity index (χ1n) is 5.32. The quantitative estimate of drug-likeness (QED) is 0.658. The molecular formula is C11H5F2N5O3. The number of halogens is 2. The number of nitrogens with zero attached hydrogens (tertiary/aromatic N) is 3. The number of aromatic amines is 1. The van der Waals surface area contributed by atoms with E-state index in [9.17, 15) is 23.7 Å². The van der Waals surface area contributed by atoms with Crippen LogP contribution in [0.15, 0.2) is 18.3 Å². The zero-order chi connectivity index (χ0) is 15.6. The van der Waals surface area contributed by atoms with Crippen LogP contribution in [-0.4, -0.2) is 21.0 Å². The molecule has 2 aromatic rings. The van der Waals surface area contributed by atoms with Crippen molar-refractivity contribution in [3.63, 3.8) is 0 Å². The summed E-state index contributed by atoms with van der Waals surface area (Å²) in [5.41, 5.74) is -2.06. The van der Waals surface area contributed by atoms with Crippen LogP contribution in [0.1, 0.15) is 15.9 Å². The average molecular weight is 293 g/mol. The Morgan fingerprint density at radius 2 is 2.19 bits per heavy atom. The number of benzene rings is 1. The van der Waals surface area contributed by atoms with Gasteiger partial charge >= 0.3 is 5.69 Å². The maximum atomic E-state index is 13.8. The number of carbonyl (C=O) groups excluding carboxylic acids is 1. The number of nitro benzene ring substituents is 1. The molecule has 1 amide bonds.